The zero-order valence-electron chi connectivity index (χ0n) is 13.2. The van der Waals surface area contributed by atoms with Crippen LogP contribution in [-0.4, -0.2) is 19.6 Å². The molecule has 4 nitrogen and oxygen atoms in total. The van der Waals surface area contributed by atoms with Gasteiger partial charge in [-0.3, -0.25) is 4.79 Å². The Hall–Kier alpha value is -1.88. The van der Waals surface area contributed by atoms with Crippen molar-refractivity contribution in [2.45, 2.75) is 13.0 Å². The number of esters is 1. The molecule has 0 aliphatic carbocycles. The van der Waals surface area contributed by atoms with Crippen molar-refractivity contribution in [2.24, 2.45) is 5.92 Å². The number of hydrogen-bond donors (Lipinski definition) is 1. The van der Waals surface area contributed by atoms with Gasteiger partial charge in [0.1, 0.15) is 19.1 Å². The Morgan fingerprint density at radius 3 is 2.13 bits per heavy atom. The number of carbonyl (C=O) groups is 1. The number of ether oxygens (including phenoxy) is 1. The van der Waals surface area contributed by atoms with E-state index in [9.17, 15) is 4.79 Å². The third-order valence-electron chi connectivity index (χ3n) is 3.45. The van der Waals surface area contributed by atoms with Crippen molar-refractivity contribution in [2.75, 3.05) is 13.7 Å². The average molecular weight is 336 g/mol. The van der Waals surface area contributed by atoms with Gasteiger partial charge in [0.15, 0.2) is 0 Å². The van der Waals surface area contributed by atoms with Crippen LogP contribution in [0.15, 0.2) is 60.7 Å². The summed E-state index contributed by atoms with van der Waals surface area (Å²) >= 11 is 0. The summed E-state index contributed by atoms with van der Waals surface area (Å²) in [5, 5.41) is 0. The van der Waals surface area contributed by atoms with Gasteiger partial charge in [0.25, 0.3) is 0 Å². The highest BCUT2D eigenvalue weighted by molar-refractivity contribution is 5.72. The van der Waals surface area contributed by atoms with Crippen LogP contribution in [0, 0.1) is 5.92 Å². The first-order valence-electron chi connectivity index (χ1n) is 7.38. The quantitative estimate of drug-likeness (QED) is 0.371. The topological polar surface area (TPSA) is 52.1 Å². The zero-order chi connectivity index (χ0) is 15.6. The summed E-state index contributed by atoms with van der Waals surface area (Å²) in [5.74, 6) is -0.424. The second kappa shape index (κ2) is 10.8. The van der Waals surface area contributed by atoms with Crippen LogP contribution in [-0.2, 0) is 27.4 Å². The monoisotopic (exact) mass is 335 g/mol. The molecular weight excluding hydrogens is 314 g/mol. The number of hydrogen-bond acceptors (Lipinski definition) is 3. The summed E-state index contributed by atoms with van der Waals surface area (Å²) in [6, 6.07) is 19.9. The van der Waals surface area contributed by atoms with Gasteiger partial charge in [0, 0.05) is 0 Å². The standard InChI is InChI=1S/C18H21NO3.ClH/c1-21-18(20)17(12-15-8-4-2-5-9-15)13-19-22-14-16-10-6-3-7-11-16;/h2-11,17,19H,12-14H2,1H3;1H/t17-;/m1./s1. The smallest absolute Gasteiger partial charge is 0.314 e. The van der Waals surface area contributed by atoms with Crippen molar-refractivity contribution in [1.29, 1.82) is 0 Å². The predicted molar refractivity (Wildman–Crippen MR) is 83.7 cm³/mol. The summed E-state index contributed by atoms with van der Waals surface area (Å²) < 4.78 is 4.89. The van der Waals surface area contributed by atoms with E-state index in [2.05, 4.69) is 0 Å². The van der Waals surface area contributed by atoms with Gasteiger partial charge < -0.3 is 17.1 Å². The van der Waals surface area contributed by atoms with E-state index in [1.165, 1.54) is 7.11 Å². The van der Waals surface area contributed by atoms with Gasteiger partial charge in [-0.1, -0.05) is 60.7 Å². The van der Waals surface area contributed by atoms with Crippen LogP contribution < -0.4 is 17.9 Å². The number of benzene rings is 2. The van der Waals surface area contributed by atoms with E-state index in [1.54, 1.807) is 5.48 Å². The van der Waals surface area contributed by atoms with Gasteiger partial charge in [-0.05, 0) is 17.5 Å². The van der Waals surface area contributed by atoms with Gasteiger partial charge in [0.2, 0.25) is 0 Å². The summed E-state index contributed by atoms with van der Waals surface area (Å²) in [5.41, 5.74) is 3.93. The Morgan fingerprint density at radius 2 is 1.57 bits per heavy atom. The summed E-state index contributed by atoms with van der Waals surface area (Å²) in [7, 11) is 1.42. The lowest BCUT2D eigenvalue weighted by Crippen LogP contribution is -3.00. The van der Waals surface area contributed by atoms with E-state index < -0.39 is 0 Å². The maximum Gasteiger partial charge on any atom is 0.314 e. The predicted octanol–water partition coefficient (Wildman–Crippen LogP) is -1.28. The molecule has 23 heavy (non-hydrogen) atoms. The highest BCUT2D eigenvalue weighted by Crippen LogP contribution is 2.08. The minimum atomic E-state index is -0.219. The van der Waals surface area contributed by atoms with E-state index in [0.29, 0.717) is 19.6 Å². The minimum absolute atomic E-state index is 0. The van der Waals surface area contributed by atoms with E-state index in [-0.39, 0.29) is 24.3 Å². The van der Waals surface area contributed by atoms with Gasteiger partial charge in [0.05, 0.1) is 7.11 Å². The van der Waals surface area contributed by atoms with Crippen LogP contribution >= 0.6 is 0 Å². The summed E-state index contributed by atoms with van der Waals surface area (Å²) in [4.78, 5) is 17.4. The number of rotatable bonds is 8. The Bertz CT molecular complexity index is 563. The lowest BCUT2D eigenvalue weighted by molar-refractivity contribution is -0.902. The lowest BCUT2D eigenvalue weighted by atomic mass is 10.00. The Labute approximate surface area is 143 Å². The molecule has 0 amide bonds. The second-order valence-electron chi connectivity index (χ2n) is 5.11. The third-order valence-corrected chi connectivity index (χ3v) is 3.45. The van der Waals surface area contributed by atoms with Gasteiger partial charge in [-0.15, -0.1) is 0 Å². The molecule has 0 fully saturated rings. The van der Waals surface area contributed by atoms with E-state index >= 15 is 0 Å². The molecule has 2 rings (SSSR count). The van der Waals surface area contributed by atoms with E-state index in [1.807, 2.05) is 60.7 Å². The zero-order valence-corrected chi connectivity index (χ0v) is 13.9. The number of methoxy groups -OCH3 is 1. The van der Waals surface area contributed by atoms with Crippen molar-refractivity contribution in [1.82, 2.24) is 0 Å². The SMILES string of the molecule is COC(=O)[C@@H](C[NH2+]OCc1ccccc1)Cc1ccccc1.[Cl-]. The molecular formula is C18H22ClNO3. The first kappa shape index (κ1) is 19.2. The highest BCUT2D eigenvalue weighted by atomic mass is 35.5. The van der Waals surface area contributed by atoms with E-state index in [0.717, 1.165) is 11.1 Å². The summed E-state index contributed by atoms with van der Waals surface area (Å²) in [6.07, 6.45) is 0.651. The Kier molecular flexibility index (Phi) is 8.98. The maximum absolute atomic E-state index is 11.9. The molecule has 2 aromatic carbocycles. The van der Waals surface area contributed by atoms with Crippen molar-refractivity contribution in [3.05, 3.63) is 71.8 Å². The van der Waals surface area contributed by atoms with Crippen LogP contribution in [0.25, 0.3) is 0 Å². The molecule has 0 aliphatic heterocycles. The molecule has 0 radical (unpaired) electrons. The molecule has 0 bridgehead atoms. The normalized spacial score (nSPS) is 11.3. The van der Waals surface area contributed by atoms with Crippen LogP contribution in [0.3, 0.4) is 0 Å². The largest absolute Gasteiger partial charge is 1.00 e. The lowest BCUT2D eigenvalue weighted by Gasteiger charge is -2.13. The molecule has 0 aromatic heterocycles. The molecule has 0 unspecified atom stereocenters. The number of hydroxylamine groups is 1. The van der Waals surface area contributed by atoms with Gasteiger partial charge >= 0.3 is 5.97 Å². The molecule has 5 heteroatoms. The minimum Gasteiger partial charge on any atom is -1.00 e. The highest BCUT2D eigenvalue weighted by Gasteiger charge is 2.22. The van der Waals surface area contributed by atoms with Crippen molar-refractivity contribution in [3.8, 4) is 0 Å². The first-order chi connectivity index (χ1) is 10.8. The van der Waals surface area contributed by atoms with Crippen molar-refractivity contribution in [3.63, 3.8) is 0 Å². The first-order valence-corrected chi connectivity index (χ1v) is 7.38. The Morgan fingerprint density at radius 1 is 1.00 bits per heavy atom. The van der Waals surface area contributed by atoms with Gasteiger partial charge in [-0.25, -0.2) is 10.3 Å². The number of carbonyl (C=O) groups excluding carboxylic acids is 1. The van der Waals surface area contributed by atoms with Crippen molar-refractivity contribution >= 4 is 5.97 Å². The van der Waals surface area contributed by atoms with Crippen molar-refractivity contribution < 1.29 is 32.3 Å². The maximum atomic E-state index is 11.9. The van der Waals surface area contributed by atoms with Crippen LogP contribution in [0.4, 0.5) is 0 Å². The molecule has 1 atom stereocenters. The molecule has 0 aliphatic rings. The van der Waals surface area contributed by atoms with Gasteiger partial charge in [-0.2, -0.15) is 0 Å². The number of nitrogens with two attached hydrogens (primary N) is 1. The molecule has 0 saturated heterocycles. The average Bonchev–Trinajstić information content (AvgIpc) is 2.58. The number of quaternary nitrogens is 1. The molecule has 124 valence electrons. The fraction of sp³-hybridized carbons (Fsp3) is 0.278. The molecule has 0 spiro atoms. The second-order valence-corrected chi connectivity index (χ2v) is 5.11. The molecule has 2 N–H and O–H groups in total. The van der Waals surface area contributed by atoms with Crippen LogP contribution in [0.1, 0.15) is 11.1 Å². The molecule has 0 heterocycles. The van der Waals surface area contributed by atoms with Crippen LogP contribution in [0.2, 0.25) is 0 Å². The summed E-state index contributed by atoms with van der Waals surface area (Å²) in [6.45, 7) is 1.05. The fourth-order valence-electron chi connectivity index (χ4n) is 2.24. The third kappa shape index (κ3) is 6.82. The fourth-order valence-corrected chi connectivity index (χ4v) is 2.24. The Balaban J connectivity index is 0.00000264. The van der Waals surface area contributed by atoms with E-state index in [4.69, 9.17) is 9.57 Å². The van der Waals surface area contributed by atoms with Crippen LogP contribution in [0.5, 0.6) is 0 Å². The molecule has 2 aromatic rings. The molecule has 0 saturated carbocycles. The number of halogens is 1.